The molecule has 1 N–H and O–H groups in total. The number of hydrogen-bond donors (Lipinski definition) is 1. The van der Waals surface area contributed by atoms with Crippen LogP contribution in [0.1, 0.15) is 24.7 Å². The summed E-state index contributed by atoms with van der Waals surface area (Å²) in [5.41, 5.74) is 1.00. The Morgan fingerprint density at radius 1 is 1.19 bits per heavy atom. The molecule has 1 aliphatic rings. The fourth-order valence-electron chi connectivity index (χ4n) is 3.09. The SMILES string of the molecule is CCNc1ncc(-c2nc([C@@]3(c4ccc(F)cc4)CCOC3)no2)cn1. The molecular weight excluding hydrogens is 337 g/mol. The molecular formula is C18H18FN5O2. The highest BCUT2D eigenvalue weighted by Crippen LogP contribution is 2.39. The fraction of sp³-hybridized carbons (Fsp3) is 0.333. The molecule has 1 aromatic carbocycles. The molecule has 1 aliphatic heterocycles. The van der Waals surface area contributed by atoms with Crippen LogP contribution in [0.2, 0.25) is 0 Å². The second-order valence-electron chi connectivity index (χ2n) is 6.14. The monoisotopic (exact) mass is 355 g/mol. The first-order valence-electron chi connectivity index (χ1n) is 8.45. The second-order valence-corrected chi connectivity index (χ2v) is 6.14. The molecule has 0 amide bonds. The molecule has 1 atom stereocenters. The van der Waals surface area contributed by atoms with Gasteiger partial charge < -0.3 is 14.6 Å². The van der Waals surface area contributed by atoms with E-state index in [-0.39, 0.29) is 5.82 Å². The van der Waals surface area contributed by atoms with Crippen LogP contribution in [0.4, 0.5) is 10.3 Å². The highest BCUT2D eigenvalue weighted by atomic mass is 19.1. The highest BCUT2D eigenvalue weighted by molar-refractivity contribution is 5.51. The number of ether oxygens (including phenoxy) is 1. The summed E-state index contributed by atoms with van der Waals surface area (Å²) in [6.07, 6.45) is 3.98. The quantitative estimate of drug-likeness (QED) is 0.753. The lowest BCUT2D eigenvalue weighted by Gasteiger charge is -2.23. The second kappa shape index (κ2) is 6.80. The molecule has 0 bridgehead atoms. The smallest absolute Gasteiger partial charge is 0.261 e. The van der Waals surface area contributed by atoms with E-state index in [4.69, 9.17) is 9.26 Å². The molecule has 1 saturated heterocycles. The normalized spacial score (nSPS) is 19.6. The van der Waals surface area contributed by atoms with Crippen LogP contribution in [0.25, 0.3) is 11.5 Å². The highest BCUT2D eigenvalue weighted by Gasteiger charge is 2.43. The maximum Gasteiger partial charge on any atom is 0.261 e. The van der Waals surface area contributed by atoms with E-state index in [1.165, 1.54) is 12.1 Å². The Labute approximate surface area is 149 Å². The number of hydrogen-bond acceptors (Lipinski definition) is 7. The average molecular weight is 355 g/mol. The third kappa shape index (κ3) is 2.92. The van der Waals surface area contributed by atoms with Gasteiger partial charge in [0, 0.05) is 25.5 Å². The van der Waals surface area contributed by atoms with Crippen molar-refractivity contribution in [1.29, 1.82) is 0 Å². The largest absolute Gasteiger partial charge is 0.380 e. The molecule has 3 heterocycles. The number of anilines is 1. The van der Waals surface area contributed by atoms with Gasteiger partial charge in [0.15, 0.2) is 5.82 Å². The Morgan fingerprint density at radius 2 is 1.96 bits per heavy atom. The van der Waals surface area contributed by atoms with Crippen LogP contribution in [0.3, 0.4) is 0 Å². The first-order valence-corrected chi connectivity index (χ1v) is 8.45. The van der Waals surface area contributed by atoms with E-state index in [2.05, 4.69) is 25.4 Å². The van der Waals surface area contributed by atoms with Gasteiger partial charge in [-0.3, -0.25) is 0 Å². The van der Waals surface area contributed by atoms with E-state index in [1.807, 2.05) is 6.92 Å². The van der Waals surface area contributed by atoms with Crippen molar-refractivity contribution in [2.24, 2.45) is 0 Å². The fourth-order valence-corrected chi connectivity index (χ4v) is 3.09. The van der Waals surface area contributed by atoms with Gasteiger partial charge in [-0.25, -0.2) is 14.4 Å². The topological polar surface area (TPSA) is 86.0 Å². The minimum absolute atomic E-state index is 0.283. The Kier molecular flexibility index (Phi) is 4.34. The zero-order valence-electron chi connectivity index (χ0n) is 14.3. The minimum atomic E-state index is -0.542. The van der Waals surface area contributed by atoms with Crippen LogP contribution in [-0.4, -0.2) is 39.9 Å². The van der Waals surface area contributed by atoms with Crippen molar-refractivity contribution < 1.29 is 13.7 Å². The molecule has 4 rings (SSSR count). The summed E-state index contributed by atoms with van der Waals surface area (Å²) in [5.74, 6) is 1.13. The summed E-state index contributed by atoms with van der Waals surface area (Å²) < 4.78 is 24.4. The van der Waals surface area contributed by atoms with Gasteiger partial charge in [0.1, 0.15) is 5.82 Å². The Balaban J connectivity index is 1.67. The van der Waals surface area contributed by atoms with Crippen molar-refractivity contribution in [3.8, 4) is 11.5 Å². The molecule has 0 aliphatic carbocycles. The van der Waals surface area contributed by atoms with Gasteiger partial charge in [0.2, 0.25) is 5.95 Å². The standard InChI is InChI=1S/C18H18FN5O2/c1-2-20-17-21-9-12(10-22-17)15-23-16(24-26-15)18(7-8-25-11-18)13-3-5-14(19)6-4-13/h3-6,9-10H,2,7-8,11H2,1H3,(H,20,21,22)/t18-/m0/s1. The van der Waals surface area contributed by atoms with Gasteiger partial charge in [-0.05, 0) is 31.0 Å². The molecule has 0 radical (unpaired) electrons. The van der Waals surface area contributed by atoms with Crippen LogP contribution in [-0.2, 0) is 10.2 Å². The Morgan fingerprint density at radius 3 is 2.62 bits per heavy atom. The van der Waals surface area contributed by atoms with Gasteiger partial charge >= 0.3 is 0 Å². The zero-order valence-corrected chi connectivity index (χ0v) is 14.3. The summed E-state index contributed by atoms with van der Waals surface area (Å²) in [6, 6.07) is 6.36. The van der Waals surface area contributed by atoms with Crippen molar-refractivity contribution in [3.05, 3.63) is 53.9 Å². The van der Waals surface area contributed by atoms with Gasteiger partial charge in [-0.2, -0.15) is 4.98 Å². The number of nitrogens with one attached hydrogen (secondary N) is 1. The van der Waals surface area contributed by atoms with Crippen molar-refractivity contribution in [3.63, 3.8) is 0 Å². The van der Waals surface area contributed by atoms with E-state index in [0.717, 1.165) is 12.1 Å². The van der Waals surface area contributed by atoms with Crippen molar-refractivity contribution in [2.75, 3.05) is 25.1 Å². The first-order chi connectivity index (χ1) is 12.7. The first kappa shape index (κ1) is 16.6. The van der Waals surface area contributed by atoms with Gasteiger partial charge in [0.05, 0.1) is 17.6 Å². The molecule has 7 nitrogen and oxygen atoms in total. The number of aromatic nitrogens is 4. The van der Waals surface area contributed by atoms with Crippen molar-refractivity contribution in [2.45, 2.75) is 18.8 Å². The molecule has 2 aromatic heterocycles. The lowest BCUT2D eigenvalue weighted by Crippen LogP contribution is -2.29. The molecule has 0 saturated carbocycles. The van der Waals surface area contributed by atoms with E-state index in [9.17, 15) is 4.39 Å². The molecule has 1 fully saturated rings. The number of benzene rings is 1. The number of halogens is 1. The predicted octanol–water partition coefficient (Wildman–Crippen LogP) is 2.80. The third-order valence-corrected chi connectivity index (χ3v) is 4.51. The summed E-state index contributed by atoms with van der Waals surface area (Å²) in [5, 5.41) is 7.21. The van der Waals surface area contributed by atoms with Crippen LogP contribution in [0.5, 0.6) is 0 Å². The lowest BCUT2D eigenvalue weighted by atomic mass is 9.79. The van der Waals surface area contributed by atoms with Gasteiger partial charge in [0.25, 0.3) is 5.89 Å². The maximum atomic E-state index is 13.3. The summed E-state index contributed by atoms with van der Waals surface area (Å²) >= 11 is 0. The zero-order chi connectivity index (χ0) is 18.0. The third-order valence-electron chi connectivity index (χ3n) is 4.51. The number of nitrogens with zero attached hydrogens (tertiary/aromatic N) is 4. The van der Waals surface area contributed by atoms with Crippen LogP contribution in [0, 0.1) is 5.82 Å². The van der Waals surface area contributed by atoms with Crippen LogP contribution in [0.15, 0.2) is 41.2 Å². The molecule has 26 heavy (non-hydrogen) atoms. The van der Waals surface area contributed by atoms with Crippen molar-refractivity contribution in [1.82, 2.24) is 20.1 Å². The molecule has 0 spiro atoms. The molecule has 0 unspecified atom stereocenters. The maximum absolute atomic E-state index is 13.3. The minimum Gasteiger partial charge on any atom is -0.380 e. The average Bonchev–Trinajstić information content (AvgIpc) is 3.34. The molecule has 8 heteroatoms. The summed E-state index contributed by atoms with van der Waals surface area (Å²) in [4.78, 5) is 13.0. The van der Waals surface area contributed by atoms with E-state index in [1.54, 1.807) is 24.5 Å². The van der Waals surface area contributed by atoms with Crippen LogP contribution < -0.4 is 5.32 Å². The van der Waals surface area contributed by atoms with Crippen LogP contribution >= 0.6 is 0 Å². The Bertz CT molecular complexity index is 873. The Hall–Kier alpha value is -2.87. The lowest BCUT2D eigenvalue weighted by molar-refractivity contribution is 0.182. The van der Waals surface area contributed by atoms with E-state index in [0.29, 0.717) is 42.9 Å². The van der Waals surface area contributed by atoms with Crippen molar-refractivity contribution >= 4 is 5.95 Å². The number of rotatable bonds is 5. The summed E-state index contributed by atoms with van der Waals surface area (Å²) in [7, 11) is 0. The van der Waals surface area contributed by atoms with E-state index < -0.39 is 5.41 Å². The van der Waals surface area contributed by atoms with E-state index >= 15 is 0 Å². The predicted molar refractivity (Wildman–Crippen MR) is 92.1 cm³/mol. The van der Waals surface area contributed by atoms with Gasteiger partial charge in [-0.15, -0.1) is 0 Å². The molecule has 134 valence electrons. The summed E-state index contributed by atoms with van der Waals surface area (Å²) in [6.45, 7) is 3.72. The van der Waals surface area contributed by atoms with Gasteiger partial charge in [-0.1, -0.05) is 17.3 Å². The molecule has 3 aromatic rings.